The molecule has 0 spiro atoms. The van der Waals surface area contributed by atoms with Crippen LogP contribution >= 0.6 is 0 Å². The number of carbonyl (C=O) groups is 1. The lowest BCUT2D eigenvalue weighted by molar-refractivity contribution is -0.148. The number of likely N-dealkylation sites (tertiary alicyclic amines) is 1. The van der Waals surface area contributed by atoms with Gasteiger partial charge in [0.05, 0.1) is 13.2 Å². The van der Waals surface area contributed by atoms with Crippen LogP contribution in [-0.4, -0.2) is 85.0 Å². The molecule has 3 aliphatic heterocycles. The normalized spacial score (nSPS) is 28.4. The van der Waals surface area contributed by atoms with E-state index in [1.165, 1.54) is 0 Å². The van der Waals surface area contributed by atoms with Crippen LogP contribution in [0, 0.1) is 18.3 Å². The Bertz CT molecular complexity index is 736. The van der Waals surface area contributed by atoms with Gasteiger partial charge in [0.25, 0.3) is 0 Å². The van der Waals surface area contributed by atoms with Crippen LogP contribution in [0.25, 0.3) is 0 Å². The second-order valence-electron chi connectivity index (χ2n) is 7.79. The Kier molecular flexibility index (Phi) is 4.77. The van der Waals surface area contributed by atoms with Gasteiger partial charge < -0.3 is 19.6 Å². The van der Waals surface area contributed by atoms with E-state index in [0.29, 0.717) is 38.8 Å². The Balaban J connectivity index is 1.57. The van der Waals surface area contributed by atoms with Gasteiger partial charge in [0.15, 0.2) is 0 Å². The second-order valence-corrected chi connectivity index (χ2v) is 7.79. The molecule has 1 aromatic heterocycles. The summed E-state index contributed by atoms with van der Waals surface area (Å²) >= 11 is 0. The molecule has 0 aliphatic carbocycles. The van der Waals surface area contributed by atoms with Crippen LogP contribution in [-0.2, 0) is 9.53 Å². The van der Waals surface area contributed by atoms with E-state index in [4.69, 9.17) is 9.72 Å². The number of aryl methyl sites for hydroxylation is 1. The lowest BCUT2D eigenvalue weighted by Gasteiger charge is -2.29. The minimum Gasteiger partial charge on any atom is -0.481 e. The molecule has 0 amide bonds. The molecule has 4 rings (SSSR count). The number of hydrogen-bond acceptors (Lipinski definition) is 7. The van der Waals surface area contributed by atoms with Gasteiger partial charge in [0, 0.05) is 63.5 Å². The highest BCUT2D eigenvalue weighted by Gasteiger charge is 2.57. The fourth-order valence-electron chi connectivity index (χ4n) is 4.57. The Hall–Kier alpha value is -2.19. The van der Waals surface area contributed by atoms with E-state index in [9.17, 15) is 9.90 Å². The van der Waals surface area contributed by atoms with Gasteiger partial charge in [-0.05, 0) is 6.92 Å². The molecule has 2 unspecified atom stereocenters. The van der Waals surface area contributed by atoms with Gasteiger partial charge in [0.2, 0.25) is 5.95 Å². The van der Waals surface area contributed by atoms with Crippen LogP contribution in [0.4, 0.5) is 11.8 Å². The summed E-state index contributed by atoms with van der Waals surface area (Å²) in [6, 6.07) is 1.96. The molecule has 3 fully saturated rings. The van der Waals surface area contributed by atoms with E-state index >= 15 is 0 Å². The number of nitrogens with zero attached hydrogens (tertiary/aromatic N) is 5. The molecule has 0 saturated carbocycles. The number of morpholine rings is 1. The SMILES string of the molecule is C=CCN1CC2CN(c3cc(C)nc(N4CCOCC4)n3)CC2(C(=O)O)C1. The van der Waals surface area contributed by atoms with Gasteiger partial charge in [0.1, 0.15) is 11.2 Å². The lowest BCUT2D eigenvalue weighted by Crippen LogP contribution is -2.41. The average Bonchev–Trinajstić information content (AvgIpc) is 3.17. The summed E-state index contributed by atoms with van der Waals surface area (Å²) in [6.07, 6.45) is 1.84. The fraction of sp³-hybridized carbons (Fsp3) is 0.632. The third kappa shape index (κ3) is 3.27. The highest BCUT2D eigenvalue weighted by atomic mass is 16.5. The van der Waals surface area contributed by atoms with E-state index < -0.39 is 11.4 Å². The molecule has 8 nitrogen and oxygen atoms in total. The molecule has 146 valence electrons. The van der Waals surface area contributed by atoms with Crippen molar-refractivity contribution in [2.45, 2.75) is 6.92 Å². The predicted molar refractivity (Wildman–Crippen MR) is 102 cm³/mol. The molecule has 0 bridgehead atoms. The van der Waals surface area contributed by atoms with Crippen molar-refractivity contribution in [3.05, 3.63) is 24.4 Å². The predicted octanol–water partition coefficient (Wildman–Crippen LogP) is 0.630. The minimum absolute atomic E-state index is 0.0945. The molecule has 2 atom stereocenters. The molecular formula is C19H27N5O3. The van der Waals surface area contributed by atoms with E-state index in [1.807, 2.05) is 19.1 Å². The summed E-state index contributed by atoms with van der Waals surface area (Å²) < 4.78 is 5.42. The molecule has 1 N–H and O–H groups in total. The molecule has 1 aromatic rings. The Morgan fingerprint density at radius 2 is 2.11 bits per heavy atom. The number of aliphatic carboxylic acids is 1. The van der Waals surface area contributed by atoms with E-state index in [-0.39, 0.29) is 5.92 Å². The van der Waals surface area contributed by atoms with Crippen molar-refractivity contribution in [1.82, 2.24) is 14.9 Å². The van der Waals surface area contributed by atoms with Gasteiger partial charge in [-0.1, -0.05) is 6.08 Å². The zero-order chi connectivity index (χ0) is 19.0. The number of fused-ring (bicyclic) bond motifs is 1. The van der Waals surface area contributed by atoms with Crippen LogP contribution < -0.4 is 9.80 Å². The highest BCUT2D eigenvalue weighted by Crippen LogP contribution is 2.44. The van der Waals surface area contributed by atoms with Crippen molar-refractivity contribution < 1.29 is 14.6 Å². The van der Waals surface area contributed by atoms with Crippen LogP contribution in [0.3, 0.4) is 0 Å². The van der Waals surface area contributed by atoms with Crippen molar-refractivity contribution in [2.24, 2.45) is 11.3 Å². The van der Waals surface area contributed by atoms with Crippen LogP contribution in [0.5, 0.6) is 0 Å². The fourth-order valence-corrected chi connectivity index (χ4v) is 4.57. The lowest BCUT2D eigenvalue weighted by atomic mass is 9.81. The number of aromatic nitrogens is 2. The molecule has 8 heteroatoms. The molecule has 3 saturated heterocycles. The minimum atomic E-state index is -0.735. The number of anilines is 2. The molecule has 0 radical (unpaired) electrons. The largest absolute Gasteiger partial charge is 0.481 e. The van der Waals surface area contributed by atoms with Gasteiger partial charge in [-0.25, -0.2) is 4.98 Å². The zero-order valence-electron chi connectivity index (χ0n) is 15.8. The maximum absolute atomic E-state index is 12.2. The maximum atomic E-state index is 12.2. The van der Waals surface area contributed by atoms with E-state index in [2.05, 4.69) is 26.3 Å². The summed E-state index contributed by atoms with van der Waals surface area (Å²) in [4.78, 5) is 28.0. The first-order chi connectivity index (χ1) is 13.0. The van der Waals surface area contributed by atoms with E-state index in [0.717, 1.165) is 37.7 Å². The van der Waals surface area contributed by atoms with Gasteiger partial charge in [-0.15, -0.1) is 6.58 Å². The van der Waals surface area contributed by atoms with Crippen molar-refractivity contribution in [1.29, 1.82) is 0 Å². The summed E-state index contributed by atoms with van der Waals surface area (Å²) in [6.45, 7) is 11.9. The van der Waals surface area contributed by atoms with Crippen molar-refractivity contribution in [2.75, 3.05) is 68.8 Å². The quantitative estimate of drug-likeness (QED) is 0.753. The number of hydrogen-bond donors (Lipinski definition) is 1. The molecule has 4 heterocycles. The Labute approximate surface area is 159 Å². The van der Waals surface area contributed by atoms with Crippen LogP contribution in [0.1, 0.15) is 5.69 Å². The number of carboxylic acid groups (broad SMARTS) is 1. The first kappa shape index (κ1) is 18.2. The number of ether oxygens (including phenoxy) is 1. The highest BCUT2D eigenvalue weighted by molar-refractivity contribution is 5.78. The monoisotopic (exact) mass is 373 g/mol. The molecule has 3 aliphatic rings. The van der Waals surface area contributed by atoms with Gasteiger partial charge in [-0.2, -0.15) is 4.98 Å². The zero-order valence-corrected chi connectivity index (χ0v) is 15.8. The number of rotatable bonds is 5. The van der Waals surface area contributed by atoms with Crippen molar-refractivity contribution >= 4 is 17.7 Å². The standard InChI is InChI=1S/C19H27N5O3/c1-3-4-22-10-15-11-24(13-19(15,12-22)17(25)26)16-9-14(2)20-18(21-16)23-5-7-27-8-6-23/h3,9,15H,1,4-8,10-13H2,2H3,(H,25,26). The topological polar surface area (TPSA) is 82.0 Å². The summed E-state index contributed by atoms with van der Waals surface area (Å²) in [5.41, 5.74) is 0.164. The van der Waals surface area contributed by atoms with Gasteiger partial charge in [-0.3, -0.25) is 9.69 Å². The third-order valence-electron chi connectivity index (χ3n) is 5.94. The van der Waals surface area contributed by atoms with Crippen LogP contribution in [0.15, 0.2) is 18.7 Å². The Morgan fingerprint density at radius 3 is 2.78 bits per heavy atom. The van der Waals surface area contributed by atoms with Crippen molar-refractivity contribution in [3.63, 3.8) is 0 Å². The molecule has 0 aromatic carbocycles. The van der Waals surface area contributed by atoms with Gasteiger partial charge >= 0.3 is 5.97 Å². The second kappa shape index (κ2) is 7.09. The molecular weight excluding hydrogens is 346 g/mol. The van der Waals surface area contributed by atoms with Crippen molar-refractivity contribution in [3.8, 4) is 0 Å². The summed E-state index contributed by atoms with van der Waals surface area (Å²) in [7, 11) is 0. The average molecular weight is 373 g/mol. The maximum Gasteiger partial charge on any atom is 0.313 e. The Morgan fingerprint density at radius 1 is 1.33 bits per heavy atom. The summed E-state index contributed by atoms with van der Waals surface area (Å²) in [5.74, 6) is 0.926. The molecule has 27 heavy (non-hydrogen) atoms. The first-order valence-corrected chi connectivity index (χ1v) is 9.52. The smallest absolute Gasteiger partial charge is 0.313 e. The first-order valence-electron chi connectivity index (χ1n) is 9.52. The van der Waals surface area contributed by atoms with Crippen LogP contribution in [0.2, 0.25) is 0 Å². The number of carboxylic acids is 1. The van der Waals surface area contributed by atoms with E-state index in [1.54, 1.807) is 0 Å². The summed E-state index contributed by atoms with van der Waals surface area (Å²) in [5, 5.41) is 10.0. The third-order valence-corrected chi connectivity index (χ3v) is 5.94.